The number of urea groups is 1. The van der Waals surface area contributed by atoms with Crippen LogP contribution in [0.4, 0.5) is 4.79 Å². The molecule has 2 aromatic rings. The molecule has 7 nitrogen and oxygen atoms in total. The largest absolute Gasteiger partial charge is 0.496 e. The van der Waals surface area contributed by atoms with Crippen LogP contribution in [-0.2, 0) is 21.5 Å². The van der Waals surface area contributed by atoms with Crippen molar-refractivity contribution < 1.29 is 19.1 Å². The van der Waals surface area contributed by atoms with Crippen LogP contribution in [0.25, 0.3) is 0 Å². The highest BCUT2D eigenvalue weighted by Crippen LogP contribution is 2.34. The molecule has 158 valence electrons. The van der Waals surface area contributed by atoms with Crippen LogP contribution in [0, 0.1) is 6.92 Å². The van der Waals surface area contributed by atoms with Gasteiger partial charge in [0.15, 0.2) is 0 Å². The zero-order valence-corrected chi connectivity index (χ0v) is 17.5. The molecule has 2 N–H and O–H groups in total. The number of imide groups is 1. The summed E-state index contributed by atoms with van der Waals surface area (Å²) in [6, 6.07) is 14.6. The summed E-state index contributed by atoms with van der Waals surface area (Å²) in [5.74, 6) is -0.0820. The Morgan fingerprint density at radius 2 is 1.90 bits per heavy atom. The third-order valence-corrected chi connectivity index (χ3v) is 5.47. The summed E-state index contributed by atoms with van der Waals surface area (Å²) in [7, 11) is 1.58. The number of amides is 4. The first-order chi connectivity index (χ1) is 14.4. The Morgan fingerprint density at radius 1 is 1.17 bits per heavy atom. The minimum Gasteiger partial charge on any atom is -0.496 e. The zero-order chi connectivity index (χ0) is 21.7. The van der Waals surface area contributed by atoms with Gasteiger partial charge in [-0.2, -0.15) is 0 Å². The first kappa shape index (κ1) is 21.4. The van der Waals surface area contributed by atoms with Gasteiger partial charge < -0.3 is 15.4 Å². The van der Waals surface area contributed by atoms with Crippen LogP contribution in [0.15, 0.2) is 48.5 Å². The van der Waals surface area contributed by atoms with Gasteiger partial charge in [-0.15, -0.1) is 0 Å². The van der Waals surface area contributed by atoms with Gasteiger partial charge in [-0.05, 0) is 48.6 Å². The van der Waals surface area contributed by atoms with Crippen molar-refractivity contribution >= 4 is 17.8 Å². The number of benzene rings is 2. The van der Waals surface area contributed by atoms with Crippen molar-refractivity contribution in [3.05, 3.63) is 65.2 Å². The van der Waals surface area contributed by atoms with Gasteiger partial charge in [-0.1, -0.05) is 43.3 Å². The molecule has 2 aromatic carbocycles. The maximum Gasteiger partial charge on any atom is 0.325 e. The molecule has 0 aromatic heterocycles. The highest BCUT2D eigenvalue weighted by atomic mass is 16.5. The van der Waals surface area contributed by atoms with E-state index in [0.29, 0.717) is 30.7 Å². The average Bonchev–Trinajstić information content (AvgIpc) is 2.99. The summed E-state index contributed by atoms with van der Waals surface area (Å²) in [5.41, 5.74) is 1.46. The fourth-order valence-electron chi connectivity index (χ4n) is 3.74. The number of ether oxygens (including phenoxy) is 1. The maximum atomic E-state index is 13.2. The lowest BCUT2D eigenvalue weighted by Gasteiger charge is -2.26. The van der Waals surface area contributed by atoms with Crippen LogP contribution in [0.5, 0.6) is 5.75 Å². The van der Waals surface area contributed by atoms with Crippen molar-refractivity contribution in [1.29, 1.82) is 0 Å². The molecule has 0 radical (unpaired) electrons. The van der Waals surface area contributed by atoms with Crippen LogP contribution in [0.3, 0.4) is 0 Å². The fourth-order valence-corrected chi connectivity index (χ4v) is 3.74. The Kier molecular flexibility index (Phi) is 6.40. The second kappa shape index (κ2) is 8.98. The number of carbonyl (C=O) groups excluding carboxylic acids is 3. The minimum absolute atomic E-state index is 0.309. The van der Waals surface area contributed by atoms with E-state index in [9.17, 15) is 14.4 Å². The number of nitrogens with one attached hydrogen (secondary N) is 2. The standard InChI is InChI=1S/C23H27N3O4/c1-4-23(18-10-11-19(30-3)16(2)14-18)21(28)26(22(29)25-23)15-20(27)24-13-12-17-8-6-5-7-9-17/h5-11,14H,4,12-13,15H2,1-3H3,(H,24,27)(H,25,29). The summed E-state index contributed by atoms with van der Waals surface area (Å²) in [6.45, 7) is 3.84. The highest BCUT2D eigenvalue weighted by molar-refractivity contribution is 6.09. The van der Waals surface area contributed by atoms with Crippen molar-refractivity contribution in [3.63, 3.8) is 0 Å². The lowest BCUT2D eigenvalue weighted by Crippen LogP contribution is -2.45. The van der Waals surface area contributed by atoms with E-state index in [0.717, 1.165) is 16.0 Å². The van der Waals surface area contributed by atoms with E-state index in [1.165, 1.54) is 0 Å². The van der Waals surface area contributed by atoms with Crippen molar-refractivity contribution in [1.82, 2.24) is 15.5 Å². The van der Waals surface area contributed by atoms with Gasteiger partial charge in [0.25, 0.3) is 5.91 Å². The summed E-state index contributed by atoms with van der Waals surface area (Å²) < 4.78 is 5.28. The van der Waals surface area contributed by atoms with Crippen LogP contribution in [0.2, 0.25) is 0 Å². The molecule has 1 atom stereocenters. The van der Waals surface area contributed by atoms with Gasteiger partial charge in [-0.25, -0.2) is 4.79 Å². The molecule has 3 rings (SSSR count). The zero-order valence-electron chi connectivity index (χ0n) is 17.5. The third-order valence-electron chi connectivity index (χ3n) is 5.47. The van der Waals surface area contributed by atoms with E-state index in [2.05, 4.69) is 10.6 Å². The predicted molar refractivity (Wildman–Crippen MR) is 113 cm³/mol. The SMILES string of the molecule is CCC1(c2ccc(OC)c(C)c2)NC(=O)N(CC(=O)NCCc2ccccc2)C1=O. The monoisotopic (exact) mass is 409 g/mol. The van der Waals surface area contributed by atoms with E-state index in [-0.39, 0.29) is 12.5 Å². The molecular formula is C23H27N3O4. The number of methoxy groups -OCH3 is 1. The topological polar surface area (TPSA) is 87.7 Å². The number of hydrogen-bond donors (Lipinski definition) is 2. The van der Waals surface area contributed by atoms with Crippen molar-refractivity contribution in [2.75, 3.05) is 20.2 Å². The van der Waals surface area contributed by atoms with Gasteiger partial charge >= 0.3 is 6.03 Å². The first-order valence-corrected chi connectivity index (χ1v) is 10.0. The highest BCUT2D eigenvalue weighted by Gasteiger charge is 2.51. The molecule has 0 aliphatic carbocycles. The molecule has 1 saturated heterocycles. The number of nitrogens with zero attached hydrogens (tertiary/aromatic N) is 1. The smallest absolute Gasteiger partial charge is 0.325 e. The second-order valence-corrected chi connectivity index (χ2v) is 7.35. The normalized spacial score (nSPS) is 18.3. The molecule has 1 fully saturated rings. The van der Waals surface area contributed by atoms with E-state index in [1.807, 2.05) is 50.2 Å². The predicted octanol–water partition coefficient (Wildman–Crippen LogP) is 2.52. The van der Waals surface area contributed by atoms with Gasteiger partial charge in [0.2, 0.25) is 5.91 Å². The summed E-state index contributed by atoms with van der Waals surface area (Å²) in [6.07, 6.45) is 1.05. The van der Waals surface area contributed by atoms with Crippen LogP contribution < -0.4 is 15.4 Å². The van der Waals surface area contributed by atoms with E-state index < -0.39 is 17.5 Å². The van der Waals surface area contributed by atoms with Crippen molar-refractivity contribution in [2.45, 2.75) is 32.2 Å². The molecule has 0 saturated carbocycles. The Hall–Kier alpha value is -3.35. The summed E-state index contributed by atoms with van der Waals surface area (Å²) >= 11 is 0. The van der Waals surface area contributed by atoms with Crippen LogP contribution >= 0.6 is 0 Å². The molecule has 30 heavy (non-hydrogen) atoms. The average molecular weight is 409 g/mol. The molecule has 0 bridgehead atoms. The molecule has 4 amide bonds. The Morgan fingerprint density at radius 3 is 2.53 bits per heavy atom. The quantitative estimate of drug-likeness (QED) is 0.656. The summed E-state index contributed by atoms with van der Waals surface area (Å²) in [5, 5.41) is 5.58. The van der Waals surface area contributed by atoms with Gasteiger partial charge in [0.05, 0.1) is 7.11 Å². The van der Waals surface area contributed by atoms with E-state index >= 15 is 0 Å². The molecule has 7 heteroatoms. The molecule has 0 spiro atoms. The van der Waals surface area contributed by atoms with E-state index in [1.54, 1.807) is 19.2 Å². The number of aryl methyl sites for hydroxylation is 1. The Labute approximate surface area is 176 Å². The Balaban J connectivity index is 1.68. The number of rotatable bonds is 8. The molecule has 1 aliphatic rings. The van der Waals surface area contributed by atoms with Gasteiger partial charge in [-0.3, -0.25) is 14.5 Å². The molecular weight excluding hydrogens is 382 g/mol. The second-order valence-electron chi connectivity index (χ2n) is 7.35. The molecule has 1 unspecified atom stereocenters. The third kappa shape index (κ3) is 4.15. The Bertz CT molecular complexity index is 945. The van der Waals surface area contributed by atoms with Gasteiger partial charge in [0.1, 0.15) is 17.8 Å². The maximum absolute atomic E-state index is 13.2. The first-order valence-electron chi connectivity index (χ1n) is 10.0. The minimum atomic E-state index is -1.18. The lowest BCUT2D eigenvalue weighted by molar-refractivity contribution is -0.135. The van der Waals surface area contributed by atoms with Crippen molar-refractivity contribution in [3.8, 4) is 5.75 Å². The lowest BCUT2D eigenvalue weighted by atomic mass is 9.86. The number of carbonyl (C=O) groups is 3. The van der Waals surface area contributed by atoms with Crippen molar-refractivity contribution in [2.24, 2.45) is 0 Å². The fraction of sp³-hybridized carbons (Fsp3) is 0.348. The molecule has 1 aliphatic heterocycles. The van der Waals surface area contributed by atoms with E-state index in [4.69, 9.17) is 4.74 Å². The van der Waals surface area contributed by atoms with Crippen LogP contribution in [0.1, 0.15) is 30.0 Å². The van der Waals surface area contributed by atoms with Crippen LogP contribution in [-0.4, -0.2) is 42.9 Å². The van der Waals surface area contributed by atoms with Gasteiger partial charge in [0, 0.05) is 6.54 Å². The number of hydrogen-bond acceptors (Lipinski definition) is 4. The molecule has 1 heterocycles. The summed E-state index contributed by atoms with van der Waals surface area (Å²) in [4.78, 5) is 39.1.